The van der Waals surface area contributed by atoms with Crippen molar-refractivity contribution in [2.75, 3.05) is 0 Å². The highest BCUT2D eigenvalue weighted by molar-refractivity contribution is 7.21. The molecule has 0 aliphatic rings. The smallest absolute Gasteiger partial charge is 0.263 e. The second kappa shape index (κ2) is 6.07. The van der Waals surface area contributed by atoms with E-state index in [1.54, 1.807) is 12.1 Å². The van der Waals surface area contributed by atoms with Crippen LogP contribution in [0.5, 0.6) is 0 Å². The van der Waals surface area contributed by atoms with E-state index in [-0.39, 0.29) is 17.8 Å². The van der Waals surface area contributed by atoms with Gasteiger partial charge in [-0.15, -0.1) is 11.3 Å². The van der Waals surface area contributed by atoms with Crippen LogP contribution in [0.3, 0.4) is 0 Å². The number of fused-ring (bicyclic) bond motifs is 1. The maximum absolute atomic E-state index is 12.9. The fourth-order valence-corrected chi connectivity index (χ4v) is 3.68. The molecule has 1 unspecified atom stereocenters. The first kappa shape index (κ1) is 15.0. The summed E-state index contributed by atoms with van der Waals surface area (Å²) in [5.41, 5.74) is 0.840. The number of hydrogen-bond acceptors (Lipinski definition) is 2. The van der Waals surface area contributed by atoms with E-state index in [4.69, 9.17) is 11.6 Å². The minimum atomic E-state index is -0.296. The molecule has 0 fully saturated rings. The fourth-order valence-electron chi connectivity index (χ4n) is 2.26. The standard InChI is InChI=1S/C17H13ClFNOS/c1-10(11-6-8-12(19)9-7-11)20-17(21)16-15(18)13-4-2-3-5-14(13)22-16/h2-10H,1H3,(H,20,21). The first-order valence-corrected chi connectivity index (χ1v) is 7.99. The summed E-state index contributed by atoms with van der Waals surface area (Å²) in [6.07, 6.45) is 0. The maximum Gasteiger partial charge on any atom is 0.263 e. The molecule has 3 rings (SSSR count). The van der Waals surface area contributed by atoms with Gasteiger partial charge < -0.3 is 5.32 Å². The first-order chi connectivity index (χ1) is 10.6. The zero-order chi connectivity index (χ0) is 15.7. The molecule has 1 aromatic heterocycles. The number of hydrogen-bond donors (Lipinski definition) is 1. The Bertz CT molecular complexity index is 828. The second-order valence-electron chi connectivity index (χ2n) is 4.99. The van der Waals surface area contributed by atoms with Crippen molar-refractivity contribution in [3.05, 3.63) is 69.8 Å². The summed E-state index contributed by atoms with van der Waals surface area (Å²) in [5.74, 6) is -0.516. The van der Waals surface area contributed by atoms with Crippen molar-refractivity contribution in [3.63, 3.8) is 0 Å². The summed E-state index contributed by atoms with van der Waals surface area (Å²) < 4.78 is 13.9. The highest BCUT2D eigenvalue weighted by atomic mass is 35.5. The third-order valence-electron chi connectivity index (χ3n) is 3.46. The van der Waals surface area contributed by atoms with E-state index in [0.717, 1.165) is 15.6 Å². The van der Waals surface area contributed by atoms with E-state index in [2.05, 4.69) is 5.32 Å². The summed E-state index contributed by atoms with van der Waals surface area (Å²) in [4.78, 5) is 12.9. The lowest BCUT2D eigenvalue weighted by Crippen LogP contribution is -2.26. The van der Waals surface area contributed by atoms with E-state index in [1.807, 2.05) is 31.2 Å². The van der Waals surface area contributed by atoms with Crippen LogP contribution in [-0.2, 0) is 0 Å². The molecule has 0 saturated carbocycles. The van der Waals surface area contributed by atoms with Gasteiger partial charge in [-0.25, -0.2) is 4.39 Å². The predicted molar refractivity (Wildman–Crippen MR) is 89.1 cm³/mol. The number of halogens is 2. The van der Waals surface area contributed by atoms with Crippen LogP contribution in [0.4, 0.5) is 4.39 Å². The Morgan fingerprint density at radius 3 is 2.55 bits per heavy atom. The van der Waals surface area contributed by atoms with Crippen LogP contribution in [0.25, 0.3) is 10.1 Å². The van der Waals surface area contributed by atoms with Gasteiger partial charge >= 0.3 is 0 Å². The molecular formula is C17H13ClFNOS. The van der Waals surface area contributed by atoms with Crippen molar-refractivity contribution < 1.29 is 9.18 Å². The van der Waals surface area contributed by atoms with Crippen molar-refractivity contribution in [3.8, 4) is 0 Å². The number of carbonyl (C=O) groups excluding carboxylic acids is 1. The summed E-state index contributed by atoms with van der Waals surface area (Å²) in [6.45, 7) is 1.85. The Morgan fingerprint density at radius 1 is 1.18 bits per heavy atom. The zero-order valence-corrected chi connectivity index (χ0v) is 13.3. The Morgan fingerprint density at radius 2 is 1.86 bits per heavy atom. The Hall–Kier alpha value is -1.91. The van der Waals surface area contributed by atoms with Crippen molar-refractivity contribution in [2.45, 2.75) is 13.0 Å². The predicted octanol–water partition coefficient (Wildman–Crippen LogP) is 5.18. The molecule has 1 heterocycles. The molecule has 0 bridgehead atoms. The Kier molecular flexibility index (Phi) is 4.14. The quantitative estimate of drug-likeness (QED) is 0.702. The summed E-state index contributed by atoms with van der Waals surface area (Å²) >= 11 is 7.67. The Labute approximate surface area is 136 Å². The van der Waals surface area contributed by atoms with Gasteiger partial charge in [-0.2, -0.15) is 0 Å². The van der Waals surface area contributed by atoms with Gasteiger partial charge in [0.2, 0.25) is 0 Å². The average Bonchev–Trinajstić information content (AvgIpc) is 2.85. The number of amides is 1. The molecule has 5 heteroatoms. The molecule has 1 N–H and O–H groups in total. The lowest BCUT2D eigenvalue weighted by atomic mass is 10.1. The van der Waals surface area contributed by atoms with Crippen LogP contribution in [0.1, 0.15) is 28.2 Å². The van der Waals surface area contributed by atoms with Crippen LogP contribution >= 0.6 is 22.9 Å². The minimum Gasteiger partial charge on any atom is -0.345 e. The topological polar surface area (TPSA) is 29.1 Å². The third-order valence-corrected chi connectivity index (χ3v) is 5.13. The van der Waals surface area contributed by atoms with Gasteiger partial charge in [0.25, 0.3) is 5.91 Å². The monoisotopic (exact) mass is 333 g/mol. The van der Waals surface area contributed by atoms with E-state index >= 15 is 0 Å². The molecule has 0 radical (unpaired) electrons. The molecule has 0 spiro atoms. The summed E-state index contributed by atoms with van der Waals surface area (Å²) in [7, 11) is 0. The molecule has 0 saturated heterocycles. The number of carbonyl (C=O) groups is 1. The van der Waals surface area contributed by atoms with Crippen molar-refractivity contribution >= 4 is 38.9 Å². The van der Waals surface area contributed by atoms with Crippen molar-refractivity contribution in [1.82, 2.24) is 5.32 Å². The van der Waals surface area contributed by atoms with E-state index in [1.165, 1.54) is 23.5 Å². The van der Waals surface area contributed by atoms with Crippen molar-refractivity contribution in [1.29, 1.82) is 0 Å². The molecule has 2 nitrogen and oxygen atoms in total. The molecule has 0 aliphatic carbocycles. The fraction of sp³-hybridized carbons (Fsp3) is 0.118. The van der Waals surface area contributed by atoms with Gasteiger partial charge in [0.1, 0.15) is 10.7 Å². The normalized spacial score (nSPS) is 12.3. The molecule has 22 heavy (non-hydrogen) atoms. The third kappa shape index (κ3) is 2.85. The summed E-state index contributed by atoms with van der Waals surface area (Å²) in [5, 5.41) is 4.26. The first-order valence-electron chi connectivity index (χ1n) is 6.79. The van der Waals surface area contributed by atoms with Crippen LogP contribution in [-0.4, -0.2) is 5.91 Å². The lowest BCUT2D eigenvalue weighted by molar-refractivity contribution is 0.0944. The molecule has 112 valence electrons. The Balaban J connectivity index is 1.84. The van der Waals surface area contributed by atoms with Crippen LogP contribution in [0, 0.1) is 5.82 Å². The van der Waals surface area contributed by atoms with Crippen LogP contribution in [0.2, 0.25) is 5.02 Å². The van der Waals surface area contributed by atoms with E-state index in [9.17, 15) is 9.18 Å². The van der Waals surface area contributed by atoms with Crippen LogP contribution in [0.15, 0.2) is 48.5 Å². The molecular weight excluding hydrogens is 321 g/mol. The minimum absolute atomic E-state index is 0.219. The number of thiophene rings is 1. The number of nitrogens with one attached hydrogen (secondary N) is 1. The van der Waals surface area contributed by atoms with Gasteiger partial charge in [0.15, 0.2) is 0 Å². The molecule has 0 aliphatic heterocycles. The summed E-state index contributed by atoms with van der Waals surface area (Å²) in [6, 6.07) is 13.5. The van der Waals surface area contributed by atoms with Gasteiger partial charge in [-0.05, 0) is 30.7 Å². The molecule has 1 amide bonds. The SMILES string of the molecule is CC(NC(=O)c1sc2ccccc2c1Cl)c1ccc(F)cc1. The van der Waals surface area contributed by atoms with Gasteiger partial charge in [-0.1, -0.05) is 41.9 Å². The van der Waals surface area contributed by atoms with Crippen molar-refractivity contribution in [2.24, 2.45) is 0 Å². The maximum atomic E-state index is 12.9. The highest BCUT2D eigenvalue weighted by Crippen LogP contribution is 2.35. The molecule has 2 aromatic carbocycles. The van der Waals surface area contributed by atoms with E-state index < -0.39 is 0 Å². The number of benzene rings is 2. The zero-order valence-electron chi connectivity index (χ0n) is 11.8. The number of rotatable bonds is 3. The van der Waals surface area contributed by atoms with Gasteiger partial charge in [-0.3, -0.25) is 4.79 Å². The largest absolute Gasteiger partial charge is 0.345 e. The molecule has 3 aromatic rings. The molecule has 1 atom stereocenters. The second-order valence-corrected chi connectivity index (χ2v) is 6.42. The highest BCUT2D eigenvalue weighted by Gasteiger charge is 2.18. The van der Waals surface area contributed by atoms with E-state index in [0.29, 0.717) is 9.90 Å². The lowest BCUT2D eigenvalue weighted by Gasteiger charge is -2.13. The van der Waals surface area contributed by atoms with Gasteiger partial charge in [0, 0.05) is 10.1 Å². The average molecular weight is 334 g/mol. The van der Waals surface area contributed by atoms with Gasteiger partial charge in [0.05, 0.1) is 11.1 Å². The van der Waals surface area contributed by atoms with Crippen LogP contribution < -0.4 is 5.32 Å².